The highest BCUT2D eigenvalue weighted by Gasteiger charge is 2.55. The molecular weight excluding hydrogens is 228 g/mol. The molecule has 1 aliphatic rings. The van der Waals surface area contributed by atoms with E-state index in [9.17, 15) is 9.90 Å². The molecule has 0 heterocycles. The summed E-state index contributed by atoms with van der Waals surface area (Å²) in [7, 11) is 0. The Balaban J connectivity index is 3.03. The van der Waals surface area contributed by atoms with Crippen LogP contribution in [0.5, 0.6) is 0 Å². The van der Waals surface area contributed by atoms with Gasteiger partial charge in [-0.25, -0.2) is 0 Å². The van der Waals surface area contributed by atoms with Crippen LogP contribution in [0.15, 0.2) is 0 Å². The lowest BCUT2D eigenvalue weighted by Crippen LogP contribution is -2.57. The van der Waals surface area contributed by atoms with Crippen molar-refractivity contribution in [3.05, 3.63) is 0 Å². The van der Waals surface area contributed by atoms with Crippen LogP contribution in [0, 0.1) is 17.3 Å². The Morgan fingerprint density at radius 2 is 2.06 bits per heavy atom. The summed E-state index contributed by atoms with van der Waals surface area (Å²) in [5.41, 5.74) is -1.77. The minimum absolute atomic E-state index is 0.172. The fourth-order valence-electron chi connectivity index (χ4n) is 3.33. The number of esters is 1. The van der Waals surface area contributed by atoms with Crippen LogP contribution in [-0.4, -0.2) is 23.3 Å². The summed E-state index contributed by atoms with van der Waals surface area (Å²) in [6.07, 6.45) is 3.82. The molecule has 0 spiro atoms. The van der Waals surface area contributed by atoms with Gasteiger partial charge in [0.25, 0.3) is 0 Å². The van der Waals surface area contributed by atoms with Crippen molar-refractivity contribution < 1.29 is 14.6 Å². The van der Waals surface area contributed by atoms with Crippen LogP contribution in [0.1, 0.15) is 60.3 Å². The molecule has 18 heavy (non-hydrogen) atoms. The normalized spacial score (nSPS) is 29.4. The Morgan fingerprint density at radius 1 is 1.44 bits per heavy atom. The minimum atomic E-state index is -0.939. The Hall–Kier alpha value is -0.570. The number of carbonyl (C=O) groups is 1. The molecule has 2 atom stereocenters. The summed E-state index contributed by atoms with van der Waals surface area (Å²) in [4.78, 5) is 12.2. The van der Waals surface area contributed by atoms with Crippen LogP contribution >= 0.6 is 0 Å². The largest absolute Gasteiger partial charge is 0.465 e. The van der Waals surface area contributed by atoms with E-state index in [1.165, 1.54) is 0 Å². The topological polar surface area (TPSA) is 46.5 Å². The monoisotopic (exact) mass is 256 g/mol. The van der Waals surface area contributed by atoms with Crippen LogP contribution < -0.4 is 0 Å². The zero-order chi connectivity index (χ0) is 14.0. The van der Waals surface area contributed by atoms with Crippen molar-refractivity contribution >= 4 is 5.97 Å². The van der Waals surface area contributed by atoms with Crippen molar-refractivity contribution in [2.45, 2.75) is 65.9 Å². The van der Waals surface area contributed by atoms with E-state index in [0.29, 0.717) is 18.9 Å². The van der Waals surface area contributed by atoms with Crippen molar-refractivity contribution in [1.29, 1.82) is 0 Å². The van der Waals surface area contributed by atoms with Crippen LogP contribution in [0.2, 0.25) is 0 Å². The van der Waals surface area contributed by atoms with Crippen molar-refractivity contribution in [3.8, 4) is 0 Å². The Labute approximate surface area is 111 Å². The molecule has 1 saturated carbocycles. The van der Waals surface area contributed by atoms with E-state index in [4.69, 9.17) is 4.74 Å². The third-order valence-corrected chi connectivity index (χ3v) is 4.61. The van der Waals surface area contributed by atoms with Gasteiger partial charge in [0.1, 0.15) is 0 Å². The maximum Gasteiger partial charge on any atom is 0.314 e. The number of ether oxygens (including phenoxy) is 1. The molecule has 1 fully saturated rings. The number of hydrogen-bond donors (Lipinski definition) is 1. The highest BCUT2D eigenvalue weighted by Crippen LogP contribution is 2.49. The molecular formula is C15H28O3. The maximum absolute atomic E-state index is 12.2. The van der Waals surface area contributed by atoms with Gasteiger partial charge in [-0.05, 0) is 45.4 Å². The number of hydrogen-bond acceptors (Lipinski definition) is 3. The fourth-order valence-corrected chi connectivity index (χ4v) is 3.33. The summed E-state index contributed by atoms with van der Waals surface area (Å²) >= 11 is 0. The molecule has 0 aliphatic heterocycles. The maximum atomic E-state index is 12.2. The Morgan fingerprint density at radius 3 is 2.56 bits per heavy atom. The zero-order valence-corrected chi connectivity index (χ0v) is 12.5. The van der Waals surface area contributed by atoms with Gasteiger partial charge in [0.2, 0.25) is 0 Å². The molecule has 2 unspecified atom stereocenters. The molecule has 0 aromatic heterocycles. The lowest BCUT2D eigenvalue weighted by atomic mass is 9.59. The van der Waals surface area contributed by atoms with Gasteiger partial charge < -0.3 is 9.84 Å². The third-order valence-electron chi connectivity index (χ3n) is 4.61. The number of rotatable bonds is 4. The molecule has 1 rings (SSSR count). The van der Waals surface area contributed by atoms with Crippen molar-refractivity contribution in [2.24, 2.45) is 17.3 Å². The second kappa shape index (κ2) is 5.60. The first-order valence-corrected chi connectivity index (χ1v) is 7.17. The highest BCUT2D eigenvalue weighted by atomic mass is 16.5. The molecule has 0 aromatic carbocycles. The van der Waals surface area contributed by atoms with Crippen molar-refractivity contribution in [3.63, 3.8) is 0 Å². The Bertz CT molecular complexity index is 296. The second-order valence-corrected chi connectivity index (χ2v) is 6.37. The van der Waals surface area contributed by atoms with Crippen LogP contribution in [0.25, 0.3) is 0 Å². The fraction of sp³-hybridized carbons (Fsp3) is 0.933. The molecule has 0 saturated heterocycles. The molecule has 0 bridgehead atoms. The average Bonchev–Trinajstić information content (AvgIpc) is 2.29. The van der Waals surface area contributed by atoms with E-state index in [2.05, 4.69) is 13.8 Å². The van der Waals surface area contributed by atoms with Gasteiger partial charge in [-0.1, -0.05) is 26.7 Å². The van der Waals surface area contributed by atoms with E-state index >= 15 is 0 Å². The quantitative estimate of drug-likeness (QED) is 0.786. The predicted octanol–water partition coefficient (Wildman–Crippen LogP) is 3.15. The van der Waals surface area contributed by atoms with E-state index in [-0.39, 0.29) is 11.9 Å². The van der Waals surface area contributed by atoms with Crippen molar-refractivity contribution in [2.75, 3.05) is 6.61 Å². The first kappa shape index (κ1) is 15.5. The Kier molecular flexibility index (Phi) is 4.82. The van der Waals surface area contributed by atoms with Gasteiger partial charge in [0.15, 0.2) is 0 Å². The lowest BCUT2D eigenvalue weighted by molar-refractivity contribution is -0.189. The minimum Gasteiger partial charge on any atom is -0.465 e. The zero-order valence-electron chi connectivity index (χ0n) is 12.5. The standard InChI is InChI=1S/C15H28O3/c1-6-18-13(16)14(4,5)15(17)10-8-7-9-12(15)11(2)3/h11-12,17H,6-10H2,1-5H3. The van der Waals surface area contributed by atoms with Crippen LogP contribution in [0.4, 0.5) is 0 Å². The van der Waals surface area contributed by atoms with Crippen LogP contribution in [-0.2, 0) is 9.53 Å². The molecule has 1 N–H and O–H groups in total. The molecule has 3 nitrogen and oxygen atoms in total. The summed E-state index contributed by atoms with van der Waals surface area (Å²) in [6, 6.07) is 0. The predicted molar refractivity (Wildman–Crippen MR) is 72.2 cm³/mol. The smallest absolute Gasteiger partial charge is 0.314 e. The van der Waals surface area contributed by atoms with Crippen LogP contribution in [0.3, 0.4) is 0 Å². The molecule has 106 valence electrons. The SMILES string of the molecule is CCOC(=O)C(C)(C)C1(O)CCCCC1C(C)C. The van der Waals surface area contributed by atoms with Gasteiger partial charge in [-0.15, -0.1) is 0 Å². The van der Waals surface area contributed by atoms with Gasteiger partial charge in [0, 0.05) is 0 Å². The first-order valence-electron chi connectivity index (χ1n) is 7.17. The van der Waals surface area contributed by atoms with Gasteiger partial charge in [0.05, 0.1) is 17.6 Å². The number of aliphatic hydroxyl groups is 1. The molecule has 1 aliphatic carbocycles. The molecule has 3 heteroatoms. The highest BCUT2D eigenvalue weighted by molar-refractivity contribution is 5.77. The molecule has 0 amide bonds. The summed E-state index contributed by atoms with van der Waals surface area (Å²) in [6.45, 7) is 10.1. The van der Waals surface area contributed by atoms with E-state index in [0.717, 1.165) is 19.3 Å². The first-order chi connectivity index (χ1) is 8.27. The van der Waals surface area contributed by atoms with Gasteiger partial charge >= 0.3 is 5.97 Å². The van der Waals surface area contributed by atoms with E-state index in [1.54, 1.807) is 6.92 Å². The average molecular weight is 256 g/mol. The second-order valence-electron chi connectivity index (χ2n) is 6.37. The summed E-state index contributed by atoms with van der Waals surface area (Å²) < 4.78 is 5.15. The molecule has 0 radical (unpaired) electrons. The van der Waals surface area contributed by atoms with E-state index < -0.39 is 11.0 Å². The number of carbonyl (C=O) groups excluding carboxylic acids is 1. The van der Waals surface area contributed by atoms with Gasteiger partial charge in [-0.2, -0.15) is 0 Å². The lowest BCUT2D eigenvalue weighted by Gasteiger charge is -2.50. The summed E-state index contributed by atoms with van der Waals surface area (Å²) in [5.74, 6) is 0.273. The molecule has 0 aromatic rings. The van der Waals surface area contributed by atoms with Gasteiger partial charge in [-0.3, -0.25) is 4.79 Å². The van der Waals surface area contributed by atoms with Crippen molar-refractivity contribution in [1.82, 2.24) is 0 Å². The summed E-state index contributed by atoms with van der Waals surface area (Å²) in [5, 5.41) is 11.1. The third kappa shape index (κ3) is 2.56. The van der Waals surface area contributed by atoms with E-state index in [1.807, 2.05) is 13.8 Å².